The van der Waals surface area contributed by atoms with E-state index < -0.39 is 0 Å². The van der Waals surface area contributed by atoms with Crippen molar-refractivity contribution in [2.45, 2.75) is 39.2 Å². The molecular weight excluding hydrogens is 300 g/mol. The zero-order chi connectivity index (χ0) is 12.8. The zero-order valence-electron chi connectivity index (χ0n) is 10.3. The molecule has 0 heterocycles. The average Bonchev–Trinajstić information content (AvgIpc) is 2.28. The van der Waals surface area contributed by atoms with Gasteiger partial charge in [-0.15, -0.1) is 0 Å². The summed E-state index contributed by atoms with van der Waals surface area (Å²) in [7, 11) is 0. The monoisotopic (exact) mass is 318 g/mol. The van der Waals surface area contributed by atoms with E-state index in [9.17, 15) is 0 Å². The van der Waals surface area contributed by atoms with Crippen molar-refractivity contribution in [2.75, 3.05) is 0 Å². The number of hydrogen-bond acceptors (Lipinski definition) is 2. The molecule has 0 aliphatic rings. The summed E-state index contributed by atoms with van der Waals surface area (Å²) in [4.78, 5) is 0. The molecule has 2 atom stereocenters. The number of nitrogens with two attached hydrogens (primary N) is 1. The lowest BCUT2D eigenvalue weighted by Crippen LogP contribution is -2.41. The molecule has 0 saturated heterocycles. The highest BCUT2D eigenvalue weighted by Crippen LogP contribution is 2.24. The van der Waals surface area contributed by atoms with Crippen molar-refractivity contribution in [1.29, 1.82) is 0 Å². The molecule has 0 saturated carbocycles. The molecule has 96 valence electrons. The van der Waals surface area contributed by atoms with Gasteiger partial charge < -0.3 is 0 Å². The first-order valence-corrected chi connectivity index (χ1v) is 7.15. The van der Waals surface area contributed by atoms with Crippen LogP contribution in [0.4, 0.5) is 0 Å². The lowest BCUT2D eigenvalue weighted by molar-refractivity contribution is 0.357. The van der Waals surface area contributed by atoms with E-state index in [1.165, 1.54) is 12.8 Å². The van der Waals surface area contributed by atoms with Crippen molar-refractivity contribution in [1.82, 2.24) is 5.43 Å². The summed E-state index contributed by atoms with van der Waals surface area (Å²) in [5.74, 6) is 6.18. The topological polar surface area (TPSA) is 38.0 Å². The van der Waals surface area contributed by atoms with Gasteiger partial charge in [-0.25, -0.2) is 0 Å². The van der Waals surface area contributed by atoms with Crippen LogP contribution >= 0.6 is 27.5 Å². The Morgan fingerprint density at radius 1 is 1.47 bits per heavy atom. The van der Waals surface area contributed by atoms with Crippen molar-refractivity contribution in [3.8, 4) is 0 Å². The van der Waals surface area contributed by atoms with Gasteiger partial charge in [-0.2, -0.15) is 0 Å². The molecule has 0 fully saturated rings. The van der Waals surface area contributed by atoms with Crippen LogP contribution in [-0.2, 0) is 6.42 Å². The van der Waals surface area contributed by atoms with Crippen molar-refractivity contribution >= 4 is 27.5 Å². The van der Waals surface area contributed by atoms with Crippen LogP contribution in [0.5, 0.6) is 0 Å². The SMILES string of the molecule is CCCC(C)C(Cc1ccc(Br)cc1Cl)NN. The summed E-state index contributed by atoms with van der Waals surface area (Å²) in [6, 6.07) is 6.26. The Bertz CT molecular complexity index is 357. The molecule has 4 heteroatoms. The molecular formula is C13H20BrClN2. The molecule has 3 N–H and O–H groups in total. The van der Waals surface area contributed by atoms with Gasteiger partial charge in [0.2, 0.25) is 0 Å². The fourth-order valence-corrected chi connectivity index (χ4v) is 2.76. The Kier molecular flexibility index (Phi) is 6.49. The zero-order valence-corrected chi connectivity index (χ0v) is 12.7. The van der Waals surface area contributed by atoms with Crippen molar-refractivity contribution in [3.63, 3.8) is 0 Å². The maximum absolute atomic E-state index is 6.21. The summed E-state index contributed by atoms with van der Waals surface area (Å²) >= 11 is 9.62. The third-order valence-electron chi connectivity index (χ3n) is 3.10. The molecule has 1 aromatic carbocycles. The van der Waals surface area contributed by atoms with Gasteiger partial charge in [-0.3, -0.25) is 11.3 Å². The normalized spacial score (nSPS) is 14.6. The minimum Gasteiger partial charge on any atom is -0.271 e. The summed E-state index contributed by atoms with van der Waals surface area (Å²) in [6.45, 7) is 4.41. The van der Waals surface area contributed by atoms with Crippen LogP contribution in [0.1, 0.15) is 32.3 Å². The van der Waals surface area contributed by atoms with E-state index in [2.05, 4.69) is 41.3 Å². The largest absolute Gasteiger partial charge is 0.271 e. The van der Waals surface area contributed by atoms with Gasteiger partial charge in [-0.1, -0.05) is 53.9 Å². The van der Waals surface area contributed by atoms with Crippen LogP contribution in [0.3, 0.4) is 0 Å². The highest BCUT2D eigenvalue weighted by Gasteiger charge is 2.16. The Labute approximate surface area is 117 Å². The fraction of sp³-hybridized carbons (Fsp3) is 0.538. The second-order valence-corrected chi connectivity index (χ2v) is 5.80. The lowest BCUT2D eigenvalue weighted by atomic mass is 9.92. The van der Waals surface area contributed by atoms with Gasteiger partial charge in [-0.05, 0) is 36.5 Å². The molecule has 0 radical (unpaired) electrons. The van der Waals surface area contributed by atoms with Crippen LogP contribution in [0, 0.1) is 5.92 Å². The number of nitrogens with one attached hydrogen (secondary N) is 1. The van der Waals surface area contributed by atoms with E-state index in [0.717, 1.165) is 21.5 Å². The third kappa shape index (κ3) is 4.59. The molecule has 0 aliphatic carbocycles. The van der Waals surface area contributed by atoms with Crippen LogP contribution in [-0.4, -0.2) is 6.04 Å². The molecule has 0 amide bonds. The molecule has 0 spiro atoms. The summed E-state index contributed by atoms with van der Waals surface area (Å²) < 4.78 is 1.00. The smallest absolute Gasteiger partial charge is 0.0449 e. The molecule has 17 heavy (non-hydrogen) atoms. The first-order chi connectivity index (χ1) is 8.08. The number of halogens is 2. The number of hydrogen-bond donors (Lipinski definition) is 2. The molecule has 1 rings (SSSR count). The fourth-order valence-electron chi connectivity index (χ4n) is 2.01. The molecule has 0 aliphatic heterocycles. The standard InChI is InChI=1S/C13H20BrClN2/c1-3-4-9(2)13(17-16)7-10-5-6-11(14)8-12(10)15/h5-6,8-9,13,17H,3-4,7,16H2,1-2H3. The predicted octanol–water partition coefficient (Wildman–Crippen LogP) is 3.91. The second kappa shape index (κ2) is 7.37. The van der Waals surface area contributed by atoms with Gasteiger partial charge in [0.1, 0.15) is 0 Å². The van der Waals surface area contributed by atoms with Crippen LogP contribution in [0.15, 0.2) is 22.7 Å². The second-order valence-electron chi connectivity index (χ2n) is 4.48. The highest BCUT2D eigenvalue weighted by molar-refractivity contribution is 9.10. The van der Waals surface area contributed by atoms with Crippen LogP contribution < -0.4 is 11.3 Å². The van der Waals surface area contributed by atoms with Crippen molar-refractivity contribution in [2.24, 2.45) is 11.8 Å². The third-order valence-corrected chi connectivity index (χ3v) is 3.95. The Hall–Kier alpha value is -0.0900. The number of hydrazine groups is 1. The minimum absolute atomic E-state index is 0.272. The van der Waals surface area contributed by atoms with Crippen molar-refractivity contribution < 1.29 is 0 Å². The maximum Gasteiger partial charge on any atom is 0.0449 e. The van der Waals surface area contributed by atoms with Crippen molar-refractivity contribution in [3.05, 3.63) is 33.3 Å². The molecule has 1 aromatic rings. The molecule has 0 aromatic heterocycles. The molecule has 0 bridgehead atoms. The van der Waals surface area contributed by atoms with E-state index in [1.807, 2.05) is 12.1 Å². The van der Waals surface area contributed by atoms with Gasteiger partial charge in [0.25, 0.3) is 0 Å². The van der Waals surface area contributed by atoms with Gasteiger partial charge in [0.05, 0.1) is 0 Å². The summed E-state index contributed by atoms with van der Waals surface area (Å²) in [5, 5.41) is 0.795. The van der Waals surface area contributed by atoms with Crippen LogP contribution in [0.2, 0.25) is 5.02 Å². The first-order valence-electron chi connectivity index (χ1n) is 5.98. The average molecular weight is 320 g/mol. The van der Waals surface area contributed by atoms with E-state index in [-0.39, 0.29) is 6.04 Å². The van der Waals surface area contributed by atoms with Gasteiger partial charge in [0, 0.05) is 15.5 Å². The lowest BCUT2D eigenvalue weighted by Gasteiger charge is -2.23. The summed E-state index contributed by atoms with van der Waals surface area (Å²) in [6.07, 6.45) is 3.21. The van der Waals surface area contributed by atoms with Gasteiger partial charge in [0.15, 0.2) is 0 Å². The Morgan fingerprint density at radius 2 is 2.18 bits per heavy atom. The van der Waals surface area contributed by atoms with Crippen LogP contribution in [0.25, 0.3) is 0 Å². The minimum atomic E-state index is 0.272. The first kappa shape index (κ1) is 15.0. The molecule has 2 nitrogen and oxygen atoms in total. The molecule has 2 unspecified atom stereocenters. The van der Waals surface area contributed by atoms with Gasteiger partial charge >= 0.3 is 0 Å². The number of rotatable bonds is 6. The maximum atomic E-state index is 6.21. The van der Waals surface area contributed by atoms with E-state index in [0.29, 0.717) is 5.92 Å². The van der Waals surface area contributed by atoms with E-state index in [4.69, 9.17) is 17.4 Å². The van der Waals surface area contributed by atoms with E-state index in [1.54, 1.807) is 0 Å². The number of benzene rings is 1. The predicted molar refractivity (Wildman–Crippen MR) is 78.0 cm³/mol. The Balaban J connectivity index is 2.73. The quantitative estimate of drug-likeness (QED) is 0.616. The van der Waals surface area contributed by atoms with E-state index >= 15 is 0 Å². The Morgan fingerprint density at radius 3 is 2.71 bits per heavy atom. The highest BCUT2D eigenvalue weighted by atomic mass is 79.9. The summed E-state index contributed by atoms with van der Waals surface area (Å²) in [5.41, 5.74) is 4.05.